The molecule has 0 aromatic heterocycles. The molecule has 1 aromatic carbocycles. The van der Waals surface area contributed by atoms with Crippen LogP contribution in [-0.4, -0.2) is 5.91 Å². The Bertz CT molecular complexity index is 487. The van der Waals surface area contributed by atoms with Crippen LogP contribution in [0.5, 0.6) is 0 Å². The lowest BCUT2D eigenvalue weighted by molar-refractivity contribution is -0.111. The Morgan fingerprint density at radius 1 is 1.11 bits per heavy atom. The number of carbonyl (C=O) groups excluding carboxylic acids is 1. The fourth-order valence-corrected chi connectivity index (χ4v) is 2.30. The van der Waals surface area contributed by atoms with Crippen LogP contribution < -0.4 is 5.32 Å². The van der Waals surface area contributed by atoms with E-state index in [4.69, 9.17) is 0 Å². The lowest BCUT2D eigenvalue weighted by atomic mass is 9.90. The van der Waals surface area contributed by atoms with E-state index in [0.717, 1.165) is 24.1 Å². The first-order chi connectivity index (χ1) is 8.43. The molecule has 0 aliphatic carbocycles. The van der Waals surface area contributed by atoms with E-state index in [1.807, 2.05) is 0 Å². The Labute approximate surface area is 110 Å². The molecule has 1 aromatic rings. The highest BCUT2D eigenvalue weighted by Gasteiger charge is 2.15. The monoisotopic (exact) mass is 245 g/mol. The van der Waals surface area contributed by atoms with Crippen LogP contribution in [0, 0.1) is 27.7 Å². The minimum Gasteiger partial charge on any atom is -0.322 e. The summed E-state index contributed by atoms with van der Waals surface area (Å²) >= 11 is 0. The molecule has 0 atom stereocenters. The molecule has 1 amide bonds. The van der Waals surface area contributed by atoms with Crippen LogP contribution in [-0.2, 0) is 11.2 Å². The van der Waals surface area contributed by atoms with Crippen molar-refractivity contribution in [1.29, 1.82) is 0 Å². The van der Waals surface area contributed by atoms with Gasteiger partial charge >= 0.3 is 0 Å². The molecule has 0 saturated heterocycles. The first-order valence-electron chi connectivity index (χ1n) is 6.46. The van der Waals surface area contributed by atoms with Crippen molar-refractivity contribution in [3.05, 3.63) is 40.5 Å². The molecular formula is C16H23NO. The van der Waals surface area contributed by atoms with Crippen LogP contribution in [0.25, 0.3) is 0 Å². The Hall–Kier alpha value is -1.57. The molecule has 18 heavy (non-hydrogen) atoms. The highest BCUT2D eigenvalue weighted by atomic mass is 16.1. The Morgan fingerprint density at radius 2 is 1.67 bits per heavy atom. The maximum absolute atomic E-state index is 11.6. The van der Waals surface area contributed by atoms with E-state index in [1.165, 1.54) is 28.3 Å². The van der Waals surface area contributed by atoms with Crippen molar-refractivity contribution in [3.8, 4) is 0 Å². The van der Waals surface area contributed by atoms with Crippen molar-refractivity contribution in [2.45, 2.75) is 47.5 Å². The molecule has 0 radical (unpaired) electrons. The van der Waals surface area contributed by atoms with Gasteiger partial charge in [-0.15, -0.1) is 0 Å². The van der Waals surface area contributed by atoms with Crippen LogP contribution in [0.3, 0.4) is 0 Å². The molecular weight excluding hydrogens is 222 g/mol. The second-order valence-electron chi connectivity index (χ2n) is 4.80. The van der Waals surface area contributed by atoms with Gasteiger partial charge < -0.3 is 5.32 Å². The molecule has 0 heterocycles. The van der Waals surface area contributed by atoms with Crippen LogP contribution >= 0.6 is 0 Å². The fraction of sp³-hybridized carbons (Fsp3) is 0.438. The van der Waals surface area contributed by atoms with Crippen molar-refractivity contribution >= 4 is 11.6 Å². The van der Waals surface area contributed by atoms with Crippen LogP contribution in [0.15, 0.2) is 12.7 Å². The third kappa shape index (κ3) is 2.63. The molecule has 98 valence electrons. The Balaban J connectivity index is 3.44. The van der Waals surface area contributed by atoms with Gasteiger partial charge in [-0.25, -0.2) is 0 Å². The zero-order valence-electron chi connectivity index (χ0n) is 12.1. The first kappa shape index (κ1) is 14.5. The average molecular weight is 245 g/mol. The van der Waals surface area contributed by atoms with Gasteiger partial charge in [0.1, 0.15) is 0 Å². The number of nitrogens with one attached hydrogen (secondary N) is 1. The van der Waals surface area contributed by atoms with Crippen molar-refractivity contribution < 1.29 is 4.79 Å². The summed E-state index contributed by atoms with van der Waals surface area (Å²) in [6.45, 7) is 14.1. The van der Waals surface area contributed by atoms with E-state index >= 15 is 0 Å². The van der Waals surface area contributed by atoms with Gasteiger partial charge in [0.05, 0.1) is 0 Å². The highest BCUT2D eigenvalue weighted by Crippen LogP contribution is 2.31. The number of benzene rings is 1. The first-order valence-corrected chi connectivity index (χ1v) is 6.46. The number of amides is 1. The predicted molar refractivity (Wildman–Crippen MR) is 78.2 cm³/mol. The molecule has 2 heteroatoms. The zero-order chi connectivity index (χ0) is 13.9. The molecule has 0 fully saturated rings. The predicted octanol–water partition coefficient (Wildman–Crippen LogP) is 4.00. The molecule has 1 N–H and O–H groups in total. The lowest BCUT2D eigenvalue weighted by Crippen LogP contribution is -2.13. The minimum atomic E-state index is -0.141. The lowest BCUT2D eigenvalue weighted by Gasteiger charge is -2.20. The molecule has 0 spiro atoms. The summed E-state index contributed by atoms with van der Waals surface area (Å²) < 4.78 is 0. The Morgan fingerprint density at radius 3 is 2.17 bits per heavy atom. The van der Waals surface area contributed by atoms with Crippen molar-refractivity contribution in [1.82, 2.24) is 0 Å². The van der Waals surface area contributed by atoms with E-state index in [9.17, 15) is 4.79 Å². The van der Waals surface area contributed by atoms with Crippen molar-refractivity contribution in [3.63, 3.8) is 0 Å². The number of anilines is 1. The van der Waals surface area contributed by atoms with Gasteiger partial charge in [0, 0.05) is 5.69 Å². The van der Waals surface area contributed by atoms with Crippen molar-refractivity contribution in [2.24, 2.45) is 0 Å². The summed E-state index contributed by atoms with van der Waals surface area (Å²) in [5.41, 5.74) is 7.27. The molecule has 2 nitrogen and oxygen atoms in total. The topological polar surface area (TPSA) is 29.1 Å². The van der Waals surface area contributed by atoms with E-state index < -0.39 is 0 Å². The maximum Gasteiger partial charge on any atom is 0.247 e. The van der Waals surface area contributed by atoms with Gasteiger partial charge in [-0.3, -0.25) is 4.79 Å². The van der Waals surface area contributed by atoms with E-state index in [-0.39, 0.29) is 5.91 Å². The third-order valence-corrected chi connectivity index (χ3v) is 3.75. The smallest absolute Gasteiger partial charge is 0.247 e. The van der Waals surface area contributed by atoms with Crippen LogP contribution in [0.2, 0.25) is 0 Å². The summed E-state index contributed by atoms with van der Waals surface area (Å²) in [5.74, 6) is -0.141. The normalized spacial score (nSPS) is 10.3. The summed E-state index contributed by atoms with van der Waals surface area (Å²) in [5, 5.41) is 2.97. The molecule has 0 bridgehead atoms. The van der Waals surface area contributed by atoms with Crippen LogP contribution in [0.1, 0.15) is 41.2 Å². The van der Waals surface area contributed by atoms with Crippen molar-refractivity contribution in [2.75, 3.05) is 5.32 Å². The second-order valence-corrected chi connectivity index (χ2v) is 4.80. The zero-order valence-corrected chi connectivity index (χ0v) is 12.1. The molecule has 0 saturated carbocycles. The summed E-state index contributed by atoms with van der Waals surface area (Å²) in [6, 6.07) is 0. The summed E-state index contributed by atoms with van der Waals surface area (Å²) in [6.07, 6.45) is 3.37. The number of rotatable bonds is 4. The molecule has 0 aliphatic heterocycles. The van der Waals surface area contributed by atoms with Gasteiger partial charge in [0.25, 0.3) is 0 Å². The molecule has 1 rings (SSSR count). The summed E-state index contributed by atoms with van der Waals surface area (Å²) in [4.78, 5) is 11.6. The summed E-state index contributed by atoms with van der Waals surface area (Å²) in [7, 11) is 0. The molecule has 0 aliphatic rings. The highest BCUT2D eigenvalue weighted by molar-refractivity contribution is 6.00. The SMILES string of the molecule is C=CC(=O)Nc1c(C)c(C)c(C)c(C)c1CCC. The van der Waals surface area contributed by atoms with Gasteiger partial charge in [-0.1, -0.05) is 19.9 Å². The standard InChI is InChI=1S/C16H23NO/c1-7-9-14-12(5)10(3)11(4)13(6)16(14)17-15(18)8-2/h8H,2,7,9H2,1,3-6H3,(H,17,18). The average Bonchev–Trinajstić information content (AvgIpc) is 2.37. The number of carbonyl (C=O) groups is 1. The van der Waals surface area contributed by atoms with Gasteiger partial charge in [0.2, 0.25) is 5.91 Å². The van der Waals surface area contributed by atoms with Gasteiger partial charge in [-0.2, -0.15) is 0 Å². The van der Waals surface area contributed by atoms with E-state index in [2.05, 4.69) is 46.5 Å². The fourth-order valence-electron chi connectivity index (χ4n) is 2.30. The van der Waals surface area contributed by atoms with E-state index in [0.29, 0.717) is 0 Å². The van der Waals surface area contributed by atoms with E-state index in [1.54, 1.807) is 0 Å². The Kier molecular flexibility index (Phi) is 4.71. The minimum absolute atomic E-state index is 0.141. The van der Waals surface area contributed by atoms with Crippen LogP contribution in [0.4, 0.5) is 5.69 Å². The third-order valence-electron chi connectivity index (χ3n) is 3.75. The maximum atomic E-state index is 11.6. The molecule has 0 unspecified atom stereocenters. The van der Waals surface area contributed by atoms with Gasteiger partial charge in [-0.05, 0) is 68.0 Å². The number of hydrogen-bond acceptors (Lipinski definition) is 1. The number of hydrogen-bond donors (Lipinski definition) is 1. The van der Waals surface area contributed by atoms with Gasteiger partial charge in [0.15, 0.2) is 0 Å². The largest absolute Gasteiger partial charge is 0.322 e. The second kappa shape index (κ2) is 5.85. The quantitative estimate of drug-likeness (QED) is 0.798.